The Morgan fingerprint density at radius 3 is 0.788 bits per heavy atom. The molecule has 0 fully saturated rings. The smallest absolute Gasteiger partial charge is 0.0803 e. The second-order valence-corrected chi connectivity index (χ2v) is 16.6. The number of para-hydroxylation sites is 6. The molecule has 0 aliphatic heterocycles. The van der Waals surface area contributed by atoms with E-state index in [9.17, 15) is 0 Å². The van der Waals surface area contributed by atoms with Crippen molar-refractivity contribution in [1.29, 1.82) is 0 Å². The van der Waals surface area contributed by atoms with Gasteiger partial charge in [-0.2, -0.15) is 0 Å². The summed E-state index contributed by atoms with van der Waals surface area (Å²) in [6.07, 6.45) is 0. The van der Waals surface area contributed by atoms with Crippen LogP contribution in [0.4, 0.5) is 34.1 Å². The average Bonchev–Trinajstić information content (AvgIpc) is 3.90. The number of nitrogens with zero attached hydrogens (tertiary/aromatic N) is 4. The first-order chi connectivity index (χ1) is 32.8. The zero-order valence-electron chi connectivity index (χ0n) is 36.2. The van der Waals surface area contributed by atoms with E-state index in [1.807, 2.05) is 0 Å². The number of fused-ring (bicyclic) bond motifs is 5. The van der Waals surface area contributed by atoms with Crippen LogP contribution in [0.1, 0.15) is 0 Å². The van der Waals surface area contributed by atoms with Crippen molar-refractivity contribution in [3.8, 4) is 33.6 Å². The van der Waals surface area contributed by atoms with Crippen molar-refractivity contribution < 1.29 is 0 Å². The number of aromatic nitrogens is 2. The Balaban J connectivity index is 0.997. The van der Waals surface area contributed by atoms with Crippen molar-refractivity contribution >= 4 is 67.0 Å². The van der Waals surface area contributed by atoms with Crippen LogP contribution >= 0.6 is 0 Å². The van der Waals surface area contributed by atoms with Crippen molar-refractivity contribution in [3.63, 3.8) is 0 Å². The molecule has 0 saturated heterocycles. The summed E-state index contributed by atoms with van der Waals surface area (Å²) >= 11 is 0. The maximum atomic E-state index is 2.47. The maximum absolute atomic E-state index is 2.47. The van der Waals surface area contributed by atoms with E-state index in [1.165, 1.54) is 21.8 Å². The van der Waals surface area contributed by atoms with Crippen LogP contribution in [0.25, 0.3) is 66.5 Å². The van der Waals surface area contributed by atoms with E-state index in [0.717, 1.165) is 78.8 Å². The summed E-state index contributed by atoms with van der Waals surface area (Å²) < 4.78 is 4.93. The first-order valence-corrected chi connectivity index (χ1v) is 22.5. The van der Waals surface area contributed by atoms with Crippen LogP contribution in [0, 0.1) is 0 Å². The van der Waals surface area contributed by atoms with E-state index >= 15 is 0 Å². The molecular formula is C62H44N4. The second-order valence-electron chi connectivity index (χ2n) is 16.6. The van der Waals surface area contributed by atoms with Gasteiger partial charge in [0.05, 0.1) is 22.1 Å². The molecule has 4 nitrogen and oxygen atoms in total. The first kappa shape index (κ1) is 38.8. The van der Waals surface area contributed by atoms with Crippen LogP contribution in [0.5, 0.6) is 0 Å². The number of anilines is 6. The molecule has 0 aliphatic rings. The molecule has 312 valence electrons. The highest BCUT2D eigenvalue weighted by molar-refractivity contribution is 6.20. The van der Waals surface area contributed by atoms with Crippen LogP contribution in [-0.4, -0.2) is 9.13 Å². The van der Waals surface area contributed by atoms with Crippen LogP contribution in [0.2, 0.25) is 0 Å². The first-order valence-electron chi connectivity index (χ1n) is 22.5. The predicted octanol–water partition coefficient (Wildman–Crippen LogP) is 17.0. The van der Waals surface area contributed by atoms with Gasteiger partial charge in [0.25, 0.3) is 0 Å². The maximum Gasteiger partial charge on any atom is 0.0803 e. The van der Waals surface area contributed by atoms with E-state index in [4.69, 9.17) is 0 Å². The zero-order chi connectivity index (χ0) is 43.8. The lowest BCUT2D eigenvalue weighted by molar-refractivity contribution is 1.17. The summed E-state index contributed by atoms with van der Waals surface area (Å²) in [6.45, 7) is 0. The molecule has 0 atom stereocenters. The third-order valence-corrected chi connectivity index (χ3v) is 12.7. The van der Waals surface area contributed by atoms with Crippen LogP contribution < -0.4 is 9.80 Å². The van der Waals surface area contributed by atoms with Crippen LogP contribution in [0.3, 0.4) is 0 Å². The SMILES string of the molecule is c1ccc(N(c2ccccc2)c2ccc(-c3ccc4c(c3)n(-c3ccccc3)c3c5ccc(-c6ccc(N(c7ccccc7)c7ccccc7)cc6)cc5n(-c5ccccc5)c43)cc2)cc1. The molecule has 2 heterocycles. The molecule has 0 unspecified atom stereocenters. The molecule has 0 spiro atoms. The van der Waals surface area contributed by atoms with Gasteiger partial charge in [-0.25, -0.2) is 0 Å². The Morgan fingerprint density at radius 2 is 0.485 bits per heavy atom. The van der Waals surface area contributed by atoms with Gasteiger partial charge in [-0.3, -0.25) is 0 Å². The van der Waals surface area contributed by atoms with Crippen LogP contribution in [-0.2, 0) is 0 Å². The lowest BCUT2D eigenvalue weighted by Gasteiger charge is -2.25. The van der Waals surface area contributed by atoms with Crippen molar-refractivity contribution in [2.75, 3.05) is 9.80 Å². The third kappa shape index (κ3) is 6.89. The molecule has 0 radical (unpaired) electrons. The van der Waals surface area contributed by atoms with Gasteiger partial charge >= 0.3 is 0 Å². The quantitative estimate of drug-likeness (QED) is 0.136. The molecule has 4 heteroatoms. The fourth-order valence-electron chi connectivity index (χ4n) is 9.64. The highest BCUT2D eigenvalue weighted by Gasteiger charge is 2.23. The molecule has 0 aliphatic carbocycles. The molecular weight excluding hydrogens is 801 g/mol. The monoisotopic (exact) mass is 844 g/mol. The van der Waals surface area contributed by atoms with Gasteiger partial charge in [-0.1, -0.05) is 158 Å². The fraction of sp³-hybridized carbons (Fsp3) is 0. The highest BCUT2D eigenvalue weighted by atomic mass is 15.1. The van der Waals surface area contributed by atoms with Crippen molar-refractivity contribution in [2.24, 2.45) is 0 Å². The number of rotatable bonds is 10. The standard InChI is InChI=1S/C62H44N4/c1-7-19-49(20-8-1)63(50-21-9-2-10-22-50)55-37-31-45(32-38-55)47-35-41-57-59(43-47)65(53-27-15-5-16-28-53)62-58-42-36-48(44-60(58)66(61(57)62)54-29-17-6-18-30-54)46-33-39-56(40-34-46)64(51-23-11-3-12-24-51)52-25-13-4-14-26-52/h1-44H. The molecule has 0 amide bonds. The molecule has 0 N–H and O–H groups in total. The van der Waals surface area contributed by atoms with E-state index in [2.05, 4.69) is 286 Å². The summed E-state index contributed by atoms with van der Waals surface area (Å²) in [5.74, 6) is 0. The summed E-state index contributed by atoms with van der Waals surface area (Å²) in [6, 6.07) is 95.8. The number of benzene rings is 10. The minimum atomic E-state index is 1.11. The minimum absolute atomic E-state index is 1.11. The largest absolute Gasteiger partial charge is 0.311 e. The minimum Gasteiger partial charge on any atom is -0.311 e. The Labute approximate surface area is 384 Å². The summed E-state index contributed by atoms with van der Waals surface area (Å²) in [4.78, 5) is 4.61. The topological polar surface area (TPSA) is 16.3 Å². The van der Waals surface area contributed by atoms with Crippen molar-refractivity contribution in [2.45, 2.75) is 0 Å². The molecule has 12 aromatic rings. The Kier molecular flexibility index (Phi) is 9.81. The van der Waals surface area contributed by atoms with Gasteiger partial charge in [0, 0.05) is 56.3 Å². The lowest BCUT2D eigenvalue weighted by atomic mass is 10.0. The third-order valence-electron chi connectivity index (χ3n) is 12.7. The second kappa shape index (κ2) is 16.7. The molecule has 0 bridgehead atoms. The van der Waals surface area contributed by atoms with E-state index in [-0.39, 0.29) is 0 Å². The Morgan fingerprint density at radius 1 is 0.227 bits per heavy atom. The molecule has 0 saturated carbocycles. The molecule has 12 rings (SSSR count). The Bertz CT molecular complexity index is 3260. The molecule has 10 aromatic carbocycles. The van der Waals surface area contributed by atoms with Crippen molar-refractivity contribution in [1.82, 2.24) is 9.13 Å². The van der Waals surface area contributed by atoms with Crippen molar-refractivity contribution in [3.05, 3.63) is 267 Å². The van der Waals surface area contributed by atoms with E-state index in [0.29, 0.717) is 0 Å². The van der Waals surface area contributed by atoms with Gasteiger partial charge in [-0.15, -0.1) is 0 Å². The molecule has 2 aromatic heterocycles. The van der Waals surface area contributed by atoms with Crippen LogP contribution in [0.15, 0.2) is 267 Å². The predicted molar refractivity (Wildman–Crippen MR) is 278 cm³/mol. The van der Waals surface area contributed by atoms with Gasteiger partial charge in [0.1, 0.15) is 0 Å². The van der Waals surface area contributed by atoms with Gasteiger partial charge < -0.3 is 18.9 Å². The zero-order valence-corrected chi connectivity index (χ0v) is 36.2. The summed E-state index contributed by atoms with van der Waals surface area (Å²) in [5, 5.41) is 2.39. The summed E-state index contributed by atoms with van der Waals surface area (Å²) in [5.41, 5.74) is 18.3. The summed E-state index contributed by atoms with van der Waals surface area (Å²) in [7, 11) is 0. The highest BCUT2D eigenvalue weighted by Crippen LogP contribution is 2.44. The lowest BCUT2D eigenvalue weighted by Crippen LogP contribution is -2.09. The fourth-order valence-corrected chi connectivity index (χ4v) is 9.64. The van der Waals surface area contributed by atoms with E-state index < -0.39 is 0 Å². The normalized spacial score (nSPS) is 11.3. The number of hydrogen-bond acceptors (Lipinski definition) is 2. The van der Waals surface area contributed by atoms with Gasteiger partial charge in [0.2, 0.25) is 0 Å². The Hall–Kier alpha value is -8.86. The number of hydrogen-bond donors (Lipinski definition) is 0. The average molecular weight is 845 g/mol. The molecule has 66 heavy (non-hydrogen) atoms. The van der Waals surface area contributed by atoms with E-state index in [1.54, 1.807) is 0 Å². The van der Waals surface area contributed by atoms with Gasteiger partial charge in [0.15, 0.2) is 0 Å². The van der Waals surface area contributed by atoms with Gasteiger partial charge in [-0.05, 0) is 131 Å².